The first-order valence-electron chi connectivity index (χ1n) is 8.70. The second-order valence-corrected chi connectivity index (χ2v) is 6.14. The van der Waals surface area contributed by atoms with Gasteiger partial charge in [0.15, 0.2) is 0 Å². The van der Waals surface area contributed by atoms with E-state index in [9.17, 15) is 4.79 Å². The summed E-state index contributed by atoms with van der Waals surface area (Å²) in [5.74, 6) is 0.00919. The number of hydrogen-bond donors (Lipinski definition) is 2. The van der Waals surface area contributed by atoms with Gasteiger partial charge in [-0.2, -0.15) is 0 Å². The second kappa shape index (κ2) is 10.2. The van der Waals surface area contributed by atoms with Crippen LogP contribution in [-0.4, -0.2) is 50.1 Å². The number of nitrogens with zero attached hydrogens (tertiary/aromatic N) is 1. The summed E-state index contributed by atoms with van der Waals surface area (Å²) in [7, 11) is 0. The molecular weight excluding hydrogens is 334 g/mol. The van der Waals surface area contributed by atoms with E-state index in [0.717, 1.165) is 56.8 Å². The first kappa shape index (κ1) is 19.4. The highest BCUT2D eigenvalue weighted by Gasteiger charge is 2.09. The van der Waals surface area contributed by atoms with Crippen molar-refractivity contribution in [3.8, 4) is 11.1 Å². The van der Waals surface area contributed by atoms with Crippen LogP contribution in [0.3, 0.4) is 0 Å². The average Bonchev–Trinajstić information content (AvgIpc) is 2.67. The van der Waals surface area contributed by atoms with Crippen LogP contribution in [0.15, 0.2) is 54.6 Å². The van der Waals surface area contributed by atoms with E-state index in [1.165, 1.54) is 5.56 Å². The Bertz CT molecular complexity index is 640. The molecule has 0 spiro atoms. The fourth-order valence-corrected chi connectivity index (χ4v) is 2.99. The number of nitrogens with one attached hydrogen (secondary N) is 2. The number of hydrogen-bond acceptors (Lipinski definition) is 3. The summed E-state index contributed by atoms with van der Waals surface area (Å²) in [6.07, 6.45) is 0.994. The molecule has 4 nitrogen and oxygen atoms in total. The lowest BCUT2D eigenvalue weighted by molar-refractivity contribution is 0.0951. The first-order chi connectivity index (χ1) is 11.8. The van der Waals surface area contributed by atoms with E-state index >= 15 is 0 Å². The lowest BCUT2D eigenvalue weighted by Gasteiger charge is -2.27. The third kappa shape index (κ3) is 5.85. The van der Waals surface area contributed by atoms with Crippen molar-refractivity contribution in [2.45, 2.75) is 6.42 Å². The highest BCUT2D eigenvalue weighted by atomic mass is 35.5. The topological polar surface area (TPSA) is 44.4 Å². The smallest absolute Gasteiger partial charge is 0.251 e. The molecule has 2 aromatic rings. The maximum atomic E-state index is 12.2. The van der Waals surface area contributed by atoms with Crippen molar-refractivity contribution >= 4 is 18.3 Å². The van der Waals surface area contributed by atoms with Gasteiger partial charge in [-0.1, -0.05) is 42.5 Å². The van der Waals surface area contributed by atoms with Crippen molar-refractivity contribution in [3.05, 3.63) is 60.2 Å². The van der Waals surface area contributed by atoms with Crippen LogP contribution in [0.4, 0.5) is 0 Å². The van der Waals surface area contributed by atoms with Crippen LogP contribution in [0.25, 0.3) is 11.1 Å². The van der Waals surface area contributed by atoms with Crippen molar-refractivity contribution in [2.75, 3.05) is 39.3 Å². The second-order valence-electron chi connectivity index (χ2n) is 6.14. The fraction of sp³-hybridized carbons (Fsp3) is 0.350. The van der Waals surface area contributed by atoms with E-state index in [0.29, 0.717) is 0 Å². The van der Waals surface area contributed by atoms with Crippen molar-refractivity contribution < 1.29 is 4.79 Å². The molecule has 25 heavy (non-hydrogen) atoms. The Morgan fingerprint density at radius 3 is 2.28 bits per heavy atom. The molecule has 0 aliphatic carbocycles. The maximum absolute atomic E-state index is 12.2. The van der Waals surface area contributed by atoms with E-state index in [4.69, 9.17) is 0 Å². The zero-order chi connectivity index (χ0) is 16.6. The molecule has 0 unspecified atom stereocenters. The molecule has 1 heterocycles. The average molecular weight is 360 g/mol. The zero-order valence-corrected chi connectivity index (χ0v) is 15.2. The fourth-order valence-electron chi connectivity index (χ4n) is 2.99. The Morgan fingerprint density at radius 2 is 1.60 bits per heavy atom. The summed E-state index contributed by atoms with van der Waals surface area (Å²) in [5, 5.41) is 6.37. The van der Waals surface area contributed by atoms with Crippen LogP contribution in [0.5, 0.6) is 0 Å². The number of carbonyl (C=O) groups excluding carboxylic acids is 1. The van der Waals surface area contributed by atoms with Gasteiger partial charge in [-0.25, -0.2) is 0 Å². The van der Waals surface area contributed by atoms with Crippen LogP contribution in [0.2, 0.25) is 0 Å². The summed E-state index contributed by atoms with van der Waals surface area (Å²) in [6, 6.07) is 18.0. The monoisotopic (exact) mass is 359 g/mol. The Morgan fingerprint density at radius 1 is 0.960 bits per heavy atom. The lowest BCUT2D eigenvalue weighted by Crippen LogP contribution is -2.44. The van der Waals surface area contributed by atoms with Gasteiger partial charge in [0.05, 0.1) is 0 Å². The van der Waals surface area contributed by atoms with Crippen LogP contribution in [0.1, 0.15) is 16.8 Å². The normalized spacial score (nSPS) is 14.6. The molecule has 1 aliphatic heterocycles. The first-order valence-corrected chi connectivity index (χ1v) is 8.70. The number of piperazine rings is 1. The minimum absolute atomic E-state index is 0. The van der Waals surface area contributed by atoms with Crippen molar-refractivity contribution in [1.82, 2.24) is 15.5 Å². The van der Waals surface area contributed by atoms with Gasteiger partial charge in [0.25, 0.3) is 5.91 Å². The predicted octanol–water partition coefficient (Wildman–Crippen LogP) is 2.80. The van der Waals surface area contributed by atoms with Crippen LogP contribution < -0.4 is 10.6 Å². The molecule has 1 saturated heterocycles. The largest absolute Gasteiger partial charge is 0.352 e. The minimum atomic E-state index is 0. The zero-order valence-electron chi connectivity index (χ0n) is 14.4. The van der Waals surface area contributed by atoms with Crippen molar-refractivity contribution in [2.24, 2.45) is 0 Å². The molecule has 1 aliphatic rings. The van der Waals surface area contributed by atoms with Gasteiger partial charge in [-0.15, -0.1) is 12.4 Å². The van der Waals surface area contributed by atoms with Gasteiger partial charge in [0, 0.05) is 38.3 Å². The summed E-state index contributed by atoms with van der Waals surface area (Å²) in [4.78, 5) is 14.7. The summed E-state index contributed by atoms with van der Waals surface area (Å²) < 4.78 is 0. The number of rotatable bonds is 6. The molecule has 1 fully saturated rings. The standard InChI is InChI=1S/C20H25N3O.ClH/c24-20(22-11-4-14-23-15-12-21-13-16-23)19-9-7-18(8-10-19)17-5-2-1-3-6-17;/h1-3,5-10,21H,4,11-16H2,(H,22,24);1H. The minimum Gasteiger partial charge on any atom is -0.352 e. The Hall–Kier alpha value is -1.88. The maximum Gasteiger partial charge on any atom is 0.251 e. The van der Waals surface area contributed by atoms with E-state index < -0.39 is 0 Å². The molecule has 2 aromatic carbocycles. The molecule has 0 bridgehead atoms. The molecule has 134 valence electrons. The molecule has 3 rings (SSSR count). The van der Waals surface area contributed by atoms with Crippen LogP contribution in [0, 0.1) is 0 Å². The summed E-state index contributed by atoms with van der Waals surface area (Å²) >= 11 is 0. The SMILES string of the molecule is Cl.O=C(NCCCN1CCNCC1)c1ccc(-c2ccccc2)cc1. The Kier molecular flexibility index (Phi) is 7.92. The van der Waals surface area contributed by atoms with Gasteiger partial charge < -0.3 is 15.5 Å². The van der Waals surface area contributed by atoms with Gasteiger partial charge in [-0.3, -0.25) is 4.79 Å². The lowest BCUT2D eigenvalue weighted by atomic mass is 10.0. The number of carbonyl (C=O) groups is 1. The Balaban J connectivity index is 0.00000225. The van der Waals surface area contributed by atoms with Crippen LogP contribution in [-0.2, 0) is 0 Å². The third-order valence-corrected chi connectivity index (χ3v) is 4.40. The van der Waals surface area contributed by atoms with Gasteiger partial charge in [0.1, 0.15) is 0 Å². The Labute approximate surface area is 156 Å². The van der Waals surface area contributed by atoms with Gasteiger partial charge >= 0.3 is 0 Å². The van der Waals surface area contributed by atoms with Crippen molar-refractivity contribution in [1.29, 1.82) is 0 Å². The highest BCUT2D eigenvalue weighted by Crippen LogP contribution is 2.19. The number of benzene rings is 2. The molecule has 0 saturated carbocycles. The van der Waals surface area contributed by atoms with Gasteiger partial charge in [-0.05, 0) is 36.2 Å². The predicted molar refractivity (Wildman–Crippen MR) is 105 cm³/mol. The van der Waals surface area contributed by atoms with Crippen molar-refractivity contribution in [3.63, 3.8) is 0 Å². The van der Waals surface area contributed by atoms with E-state index in [-0.39, 0.29) is 18.3 Å². The molecule has 0 radical (unpaired) electrons. The van der Waals surface area contributed by atoms with Crippen LogP contribution >= 0.6 is 12.4 Å². The van der Waals surface area contributed by atoms with E-state index in [1.54, 1.807) is 0 Å². The summed E-state index contributed by atoms with van der Waals surface area (Å²) in [6.45, 7) is 6.13. The molecule has 0 aromatic heterocycles. The third-order valence-electron chi connectivity index (χ3n) is 4.40. The number of amides is 1. The highest BCUT2D eigenvalue weighted by molar-refractivity contribution is 5.94. The van der Waals surface area contributed by atoms with E-state index in [2.05, 4.69) is 27.7 Å². The molecule has 1 amide bonds. The molecule has 5 heteroatoms. The van der Waals surface area contributed by atoms with Gasteiger partial charge in [0.2, 0.25) is 0 Å². The number of halogens is 1. The molecule has 0 atom stereocenters. The quantitative estimate of drug-likeness (QED) is 0.779. The van der Waals surface area contributed by atoms with E-state index in [1.807, 2.05) is 42.5 Å². The summed E-state index contributed by atoms with van der Waals surface area (Å²) in [5.41, 5.74) is 3.02. The molecule has 2 N–H and O–H groups in total. The molecular formula is C20H26ClN3O.